The molecule has 0 spiro atoms. The van der Waals surface area contributed by atoms with Gasteiger partial charge >= 0.3 is 6.09 Å². The molecular weight excluding hydrogens is 186 g/mol. The van der Waals surface area contributed by atoms with E-state index in [0.717, 1.165) is 12.8 Å². The van der Waals surface area contributed by atoms with Crippen LogP contribution < -0.4 is 5.32 Å². The van der Waals surface area contributed by atoms with Crippen molar-refractivity contribution in [3.63, 3.8) is 0 Å². The number of hydrogen-bond acceptors (Lipinski definition) is 4. The summed E-state index contributed by atoms with van der Waals surface area (Å²) >= 11 is 0. The van der Waals surface area contributed by atoms with Gasteiger partial charge in [0.1, 0.15) is 6.61 Å². The van der Waals surface area contributed by atoms with Crippen LogP contribution in [0.25, 0.3) is 0 Å². The van der Waals surface area contributed by atoms with Gasteiger partial charge in [0.15, 0.2) is 0 Å². The number of ether oxygens (including phenoxy) is 2. The first-order valence-electron chi connectivity index (χ1n) is 4.80. The Morgan fingerprint density at radius 1 is 1.57 bits per heavy atom. The molecule has 1 saturated heterocycles. The molecule has 0 unspecified atom stereocenters. The summed E-state index contributed by atoms with van der Waals surface area (Å²) in [6.07, 6.45) is 1.12. The molecule has 0 aromatic heterocycles. The van der Waals surface area contributed by atoms with Crippen LogP contribution in [0.15, 0.2) is 0 Å². The van der Waals surface area contributed by atoms with Crippen molar-refractivity contribution >= 4 is 6.09 Å². The lowest BCUT2D eigenvalue weighted by Gasteiger charge is -2.33. The van der Waals surface area contributed by atoms with Gasteiger partial charge in [-0.3, -0.25) is 0 Å². The lowest BCUT2D eigenvalue weighted by molar-refractivity contribution is 0.0403. The molecule has 14 heavy (non-hydrogen) atoms. The Morgan fingerprint density at radius 2 is 2.21 bits per heavy atom. The van der Waals surface area contributed by atoms with Gasteiger partial charge in [-0.15, -0.1) is 0 Å². The summed E-state index contributed by atoms with van der Waals surface area (Å²) in [4.78, 5) is 11.2. The average Bonchev–Trinajstić information content (AvgIpc) is 2.15. The smallest absolute Gasteiger partial charge is 0.407 e. The Morgan fingerprint density at radius 3 is 2.79 bits per heavy atom. The minimum absolute atomic E-state index is 0.0401. The molecule has 82 valence electrons. The van der Waals surface area contributed by atoms with E-state index >= 15 is 0 Å². The normalized spacial score (nSPS) is 20.1. The van der Waals surface area contributed by atoms with Crippen LogP contribution in [0.3, 0.4) is 0 Å². The fourth-order valence-corrected chi connectivity index (χ4v) is 1.37. The number of hydrogen-bond donors (Lipinski definition) is 2. The maximum atomic E-state index is 11.2. The zero-order valence-corrected chi connectivity index (χ0v) is 8.41. The highest BCUT2D eigenvalue weighted by molar-refractivity contribution is 5.68. The van der Waals surface area contributed by atoms with E-state index in [1.165, 1.54) is 0 Å². The van der Waals surface area contributed by atoms with Crippen LogP contribution in [0.2, 0.25) is 0 Å². The van der Waals surface area contributed by atoms with Crippen molar-refractivity contribution in [3.8, 4) is 0 Å². The number of carbonyl (C=O) groups excluding carboxylic acids is 1. The molecule has 2 N–H and O–H groups in total. The molecule has 1 amide bonds. The van der Waals surface area contributed by atoms with Gasteiger partial charge in [-0.2, -0.15) is 0 Å². The topological polar surface area (TPSA) is 67.8 Å². The highest BCUT2D eigenvalue weighted by Crippen LogP contribution is 2.19. The molecule has 1 fully saturated rings. The molecular formula is C9H17NO4. The van der Waals surface area contributed by atoms with E-state index in [-0.39, 0.29) is 18.8 Å². The summed E-state index contributed by atoms with van der Waals surface area (Å²) in [6.45, 7) is 3.19. The summed E-state index contributed by atoms with van der Waals surface area (Å²) in [6, 6.07) is 0. The van der Waals surface area contributed by atoms with Crippen LogP contribution in [-0.2, 0) is 9.47 Å². The van der Waals surface area contributed by atoms with Gasteiger partial charge in [0.05, 0.1) is 6.61 Å². The lowest BCUT2D eigenvalue weighted by atomic mass is 9.93. The SMILES string of the molecule is CC1(NC(=O)OCCO)CCOCC1. The molecule has 0 aromatic carbocycles. The minimum atomic E-state index is -0.469. The van der Waals surface area contributed by atoms with Crippen molar-refractivity contribution in [1.82, 2.24) is 5.32 Å². The molecule has 1 heterocycles. The van der Waals surface area contributed by atoms with E-state index in [9.17, 15) is 4.79 Å². The summed E-state index contributed by atoms with van der Waals surface area (Å²) in [5, 5.41) is 11.2. The van der Waals surface area contributed by atoms with Crippen LogP contribution in [-0.4, -0.2) is 43.2 Å². The zero-order valence-electron chi connectivity index (χ0n) is 8.41. The van der Waals surface area contributed by atoms with Gasteiger partial charge in [0.2, 0.25) is 0 Å². The predicted octanol–water partition coefficient (Wildman–Crippen LogP) is 0.274. The Balaban J connectivity index is 2.29. The van der Waals surface area contributed by atoms with Crippen LogP contribution >= 0.6 is 0 Å². The molecule has 0 saturated carbocycles. The quantitative estimate of drug-likeness (QED) is 0.691. The fourth-order valence-electron chi connectivity index (χ4n) is 1.37. The Hall–Kier alpha value is -0.810. The third-order valence-corrected chi connectivity index (χ3v) is 2.32. The molecule has 0 radical (unpaired) electrons. The summed E-state index contributed by atoms with van der Waals surface area (Å²) in [5.41, 5.74) is -0.231. The second-order valence-electron chi connectivity index (χ2n) is 3.66. The van der Waals surface area contributed by atoms with Crippen molar-refractivity contribution in [1.29, 1.82) is 0 Å². The van der Waals surface area contributed by atoms with Gasteiger partial charge in [-0.25, -0.2) is 4.79 Å². The second kappa shape index (κ2) is 5.17. The maximum Gasteiger partial charge on any atom is 0.407 e. The van der Waals surface area contributed by atoms with E-state index in [4.69, 9.17) is 14.6 Å². The second-order valence-corrected chi connectivity index (χ2v) is 3.66. The first kappa shape index (κ1) is 11.3. The summed E-state index contributed by atoms with van der Waals surface area (Å²) in [5.74, 6) is 0. The number of nitrogens with one attached hydrogen (secondary N) is 1. The van der Waals surface area contributed by atoms with Gasteiger partial charge in [0, 0.05) is 18.8 Å². The van der Waals surface area contributed by atoms with E-state index < -0.39 is 6.09 Å². The zero-order chi connectivity index (χ0) is 10.4. The van der Waals surface area contributed by atoms with Crippen LogP contribution in [0.4, 0.5) is 4.79 Å². The summed E-state index contributed by atoms with van der Waals surface area (Å²) < 4.78 is 9.91. The number of aliphatic hydroxyl groups is 1. The molecule has 0 aliphatic carbocycles. The van der Waals surface area contributed by atoms with E-state index in [1.807, 2.05) is 6.92 Å². The minimum Gasteiger partial charge on any atom is -0.447 e. The molecule has 0 aromatic rings. The number of rotatable bonds is 3. The van der Waals surface area contributed by atoms with Gasteiger partial charge in [-0.05, 0) is 19.8 Å². The van der Waals surface area contributed by atoms with Gasteiger partial charge in [-0.1, -0.05) is 0 Å². The third-order valence-electron chi connectivity index (χ3n) is 2.32. The largest absolute Gasteiger partial charge is 0.447 e. The van der Waals surface area contributed by atoms with Crippen LogP contribution in [0.1, 0.15) is 19.8 Å². The molecule has 5 heteroatoms. The first-order valence-corrected chi connectivity index (χ1v) is 4.80. The van der Waals surface area contributed by atoms with Crippen molar-refractivity contribution in [2.24, 2.45) is 0 Å². The van der Waals surface area contributed by atoms with Gasteiger partial charge in [0.25, 0.3) is 0 Å². The number of amides is 1. The Kier molecular flexibility index (Phi) is 4.16. The monoisotopic (exact) mass is 203 g/mol. The summed E-state index contributed by atoms with van der Waals surface area (Å²) in [7, 11) is 0. The molecule has 0 atom stereocenters. The van der Waals surface area contributed by atoms with Crippen LogP contribution in [0, 0.1) is 0 Å². The Bertz CT molecular complexity index is 189. The average molecular weight is 203 g/mol. The molecule has 5 nitrogen and oxygen atoms in total. The molecule has 1 aliphatic rings. The lowest BCUT2D eigenvalue weighted by Crippen LogP contribution is -2.49. The van der Waals surface area contributed by atoms with Gasteiger partial charge < -0.3 is 19.9 Å². The van der Waals surface area contributed by atoms with E-state index in [0.29, 0.717) is 13.2 Å². The van der Waals surface area contributed by atoms with Crippen molar-refractivity contribution in [3.05, 3.63) is 0 Å². The maximum absolute atomic E-state index is 11.2. The first-order chi connectivity index (χ1) is 6.66. The van der Waals surface area contributed by atoms with Crippen LogP contribution in [0.5, 0.6) is 0 Å². The number of alkyl carbamates (subject to hydrolysis) is 1. The number of aliphatic hydroxyl groups excluding tert-OH is 1. The molecule has 1 aliphatic heterocycles. The third kappa shape index (κ3) is 3.51. The van der Waals surface area contributed by atoms with Crippen molar-refractivity contribution in [2.75, 3.05) is 26.4 Å². The standard InChI is InChI=1S/C9H17NO4/c1-9(2-5-13-6-3-9)10-8(12)14-7-4-11/h11H,2-7H2,1H3,(H,10,12). The van der Waals surface area contributed by atoms with Crippen molar-refractivity contribution in [2.45, 2.75) is 25.3 Å². The van der Waals surface area contributed by atoms with E-state index in [1.54, 1.807) is 0 Å². The highest BCUT2D eigenvalue weighted by Gasteiger charge is 2.29. The fraction of sp³-hybridized carbons (Fsp3) is 0.889. The van der Waals surface area contributed by atoms with Crippen molar-refractivity contribution < 1.29 is 19.4 Å². The highest BCUT2D eigenvalue weighted by atomic mass is 16.6. The Labute approximate surface area is 83.4 Å². The molecule has 1 rings (SSSR count). The number of carbonyl (C=O) groups is 1. The predicted molar refractivity (Wildman–Crippen MR) is 50.0 cm³/mol. The molecule has 0 bridgehead atoms. The van der Waals surface area contributed by atoms with E-state index in [2.05, 4.69) is 5.32 Å².